The number of benzene rings is 3. The van der Waals surface area contributed by atoms with Gasteiger partial charge in [0.25, 0.3) is 10.0 Å². The van der Waals surface area contributed by atoms with Crippen LogP contribution in [0.2, 0.25) is 0 Å². The number of carbonyl (C=O) groups excluding carboxylic acids is 2. The fraction of sp³-hybridized carbons (Fsp3) is 0.394. The molecule has 0 radical (unpaired) electrons. The van der Waals surface area contributed by atoms with Crippen molar-refractivity contribution in [2.24, 2.45) is 0 Å². The fourth-order valence-corrected chi connectivity index (χ4v) is 6.86. The molecule has 0 heterocycles. The van der Waals surface area contributed by atoms with Crippen molar-refractivity contribution >= 4 is 43.5 Å². The molecule has 1 unspecified atom stereocenters. The Hall–Kier alpha value is -3.37. The lowest BCUT2D eigenvalue weighted by molar-refractivity contribution is -0.139. The first-order valence-corrected chi connectivity index (χ1v) is 17.0. The van der Waals surface area contributed by atoms with Gasteiger partial charge in [0.1, 0.15) is 18.3 Å². The van der Waals surface area contributed by atoms with Crippen LogP contribution in [0, 0.1) is 6.92 Å². The lowest BCUT2D eigenvalue weighted by Gasteiger charge is -2.33. The highest BCUT2D eigenvalue weighted by molar-refractivity contribution is 9.10. The molecular formula is C33H40BrN3O5S. The van der Waals surface area contributed by atoms with E-state index >= 15 is 0 Å². The second-order valence-corrected chi connectivity index (χ2v) is 13.7. The molecule has 1 fully saturated rings. The second kappa shape index (κ2) is 14.9. The van der Waals surface area contributed by atoms with E-state index in [1.54, 1.807) is 43.3 Å². The minimum Gasteiger partial charge on any atom is -0.494 e. The topological polar surface area (TPSA) is 96.0 Å². The number of anilines is 1. The van der Waals surface area contributed by atoms with Crippen molar-refractivity contribution in [3.05, 3.63) is 88.4 Å². The first-order valence-electron chi connectivity index (χ1n) is 14.7. The highest BCUT2D eigenvalue weighted by Gasteiger charge is 2.33. The van der Waals surface area contributed by atoms with Gasteiger partial charge in [0.15, 0.2) is 0 Å². The van der Waals surface area contributed by atoms with E-state index in [1.165, 1.54) is 17.0 Å². The minimum atomic E-state index is -4.15. The molecule has 2 amide bonds. The van der Waals surface area contributed by atoms with Crippen LogP contribution in [0.4, 0.5) is 5.69 Å². The molecule has 1 atom stereocenters. The number of aryl methyl sites for hydroxylation is 1. The molecule has 3 aromatic carbocycles. The van der Waals surface area contributed by atoms with Gasteiger partial charge in [0, 0.05) is 17.1 Å². The van der Waals surface area contributed by atoms with Crippen LogP contribution in [-0.4, -0.2) is 50.4 Å². The molecule has 4 rings (SSSR count). The third-order valence-corrected chi connectivity index (χ3v) is 10.0. The molecule has 1 aliphatic carbocycles. The normalized spacial score (nSPS) is 14.5. The maximum Gasteiger partial charge on any atom is 0.264 e. The third-order valence-electron chi connectivity index (χ3n) is 7.71. The standard InChI is InChI=1S/C33H40BrN3O5S/c1-4-42-30-18-16-29(17-19-30)37(43(40,41)31-20-14-27(34)15-21-31)23-32(38)36(22-26-12-10-24(2)11-13-26)25(3)33(39)35-28-8-6-5-7-9-28/h10-21,25,28H,4-9,22-23H2,1-3H3,(H,35,39). The molecule has 230 valence electrons. The van der Waals surface area contributed by atoms with Crippen molar-refractivity contribution in [2.45, 2.75) is 76.4 Å². The molecule has 1 saturated carbocycles. The zero-order valence-electron chi connectivity index (χ0n) is 25.0. The van der Waals surface area contributed by atoms with Gasteiger partial charge < -0.3 is 15.0 Å². The van der Waals surface area contributed by atoms with E-state index in [-0.39, 0.29) is 23.4 Å². The smallest absolute Gasteiger partial charge is 0.264 e. The van der Waals surface area contributed by atoms with Gasteiger partial charge in [-0.25, -0.2) is 8.42 Å². The molecule has 8 nitrogen and oxygen atoms in total. The minimum absolute atomic E-state index is 0.0468. The van der Waals surface area contributed by atoms with Gasteiger partial charge in [-0.15, -0.1) is 0 Å². The molecule has 0 saturated heterocycles. The predicted octanol–water partition coefficient (Wildman–Crippen LogP) is 6.22. The van der Waals surface area contributed by atoms with Crippen molar-refractivity contribution in [2.75, 3.05) is 17.5 Å². The second-order valence-electron chi connectivity index (χ2n) is 10.9. The third kappa shape index (κ3) is 8.60. The molecule has 1 N–H and O–H groups in total. The Balaban J connectivity index is 1.67. The maximum absolute atomic E-state index is 14.1. The fourth-order valence-electron chi connectivity index (χ4n) is 5.18. The van der Waals surface area contributed by atoms with Gasteiger partial charge in [0.05, 0.1) is 17.2 Å². The molecule has 10 heteroatoms. The summed E-state index contributed by atoms with van der Waals surface area (Å²) in [4.78, 5) is 29.1. The van der Waals surface area contributed by atoms with E-state index in [4.69, 9.17) is 4.74 Å². The number of hydrogen-bond acceptors (Lipinski definition) is 5. The van der Waals surface area contributed by atoms with Crippen LogP contribution in [0.1, 0.15) is 57.1 Å². The largest absolute Gasteiger partial charge is 0.494 e. The number of nitrogens with one attached hydrogen (secondary N) is 1. The van der Waals surface area contributed by atoms with Gasteiger partial charge in [-0.1, -0.05) is 65.0 Å². The maximum atomic E-state index is 14.1. The average Bonchev–Trinajstić information content (AvgIpc) is 3.00. The van der Waals surface area contributed by atoms with Gasteiger partial charge in [-0.3, -0.25) is 13.9 Å². The number of halogens is 1. The molecule has 3 aromatic rings. The highest BCUT2D eigenvalue weighted by Crippen LogP contribution is 2.28. The van der Waals surface area contributed by atoms with Crippen molar-refractivity contribution in [3.8, 4) is 5.75 Å². The SMILES string of the molecule is CCOc1ccc(N(CC(=O)N(Cc2ccc(C)cc2)C(C)C(=O)NC2CCCCC2)S(=O)(=O)c2ccc(Br)cc2)cc1. The van der Waals surface area contributed by atoms with Crippen molar-refractivity contribution in [1.29, 1.82) is 0 Å². The summed E-state index contributed by atoms with van der Waals surface area (Å²) in [6, 6.07) is 19.9. The van der Waals surface area contributed by atoms with E-state index in [1.807, 2.05) is 38.1 Å². The lowest BCUT2D eigenvalue weighted by Crippen LogP contribution is -2.53. The molecule has 0 aromatic heterocycles. The van der Waals surface area contributed by atoms with E-state index in [2.05, 4.69) is 21.2 Å². The summed E-state index contributed by atoms with van der Waals surface area (Å²) in [7, 11) is -4.15. The monoisotopic (exact) mass is 669 g/mol. The van der Waals surface area contributed by atoms with Gasteiger partial charge >= 0.3 is 0 Å². The van der Waals surface area contributed by atoms with Crippen molar-refractivity contribution in [3.63, 3.8) is 0 Å². The van der Waals surface area contributed by atoms with Crippen molar-refractivity contribution < 1.29 is 22.7 Å². The Bertz CT molecular complexity index is 1470. The van der Waals surface area contributed by atoms with Crippen LogP contribution in [0.3, 0.4) is 0 Å². The summed E-state index contributed by atoms with van der Waals surface area (Å²) >= 11 is 3.36. The molecule has 0 spiro atoms. The van der Waals surface area contributed by atoms with Gasteiger partial charge in [-0.2, -0.15) is 0 Å². The number of rotatable bonds is 12. The first kappa shape index (κ1) is 32.5. The quantitative estimate of drug-likeness (QED) is 0.247. The number of nitrogens with zero attached hydrogens (tertiary/aromatic N) is 2. The van der Waals surface area contributed by atoms with Gasteiger partial charge in [0.2, 0.25) is 11.8 Å². The number of amides is 2. The van der Waals surface area contributed by atoms with Gasteiger partial charge in [-0.05, 0) is 87.7 Å². The van der Waals surface area contributed by atoms with E-state index in [9.17, 15) is 18.0 Å². The Morgan fingerprint density at radius 3 is 2.19 bits per heavy atom. The lowest BCUT2D eigenvalue weighted by atomic mass is 9.95. The summed E-state index contributed by atoms with van der Waals surface area (Å²) in [5.74, 6) is -0.134. The Morgan fingerprint density at radius 2 is 1.58 bits per heavy atom. The van der Waals surface area contributed by atoms with Crippen LogP contribution < -0.4 is 14.4 Å². The highest BCUT2D eigenvalue weighted by atomic mass is 79.9. The Labute approximate surface area is 263 Å². The summed E-state index contributed by atoms with van der Waals surface area (Å²) in [5.41, 5.74) is 2.24. The van der Waals surface area contributed by atoms with E-state index in [0.29, 0.717) is 18.0 Å². The zero-order valence-corrected chi connectivity index (χ0v) is 27.4. The van der Waals surface area contributed by atoms with E-state index in [0.717, 1.165) is 52.0 Å². The van der Waals surface area contributed by atoms with Crippen LogP contribution in [0.15, 0.2) is 82.2 Å². The number of ether oxygens (including phenoxy) is 1. The average molecular weight is 671 g/mol. The molecule has 43 heavy (non-hydrogen) atoms. The first-order chi connectivity index (χ1) is 20.6. The number of carbonyl (C=O) groups is 2. The summed E-state index contributed by atoms with van der Waals surface area (Å²) < 4.78 is 35.4. The molecule has 1 aliphatic rings. The molecule has 0 aliphatic heterocycles. The predicted molar refractivity (Wildman–Crippen MR) is 172 cm³/mol. The Kier molecular flexibility index (Phi) is 11.3. The summed E-state index contributed by atoms with van der Waals surface area (Å²) in [6.45, 7) is 5.69. The summed E-state index contributed by atoms with van der Waals surface area (Å²) in [6.07, 6.45) is 5.13. The van der Waals surface area contributed by atoms with E-state index < -0.39 is 28.5 Å². The molecular weight excluding hydrogens is 630 g/mol. The van der Waals surface area contributed by atoms with Crippen LogP contribution in [0.25, 0.3) is 0 Å². The van der Waals surface area contributed by atoms with Crippen LogP contribution in [0.5, 0.6) is 5.75 Å². The Morgan fingerprint density at radius 1 is 0.953 bits per heavy atom. The summed E-state index contributed by atoms with van der Waals surface area (Å²) in [5, 5.41) is 3.13. The zero-order chi connectivity index (χ0) is 31.0. The van der Waals surface area contributed by atoms with Crippen LogP contribution >= 0.6 is 15.9 Å². The number of sulfonamides is 1. The van der Waals surface area contributed by atoms with Crippen LogP contribution in [-0.2, 0) is 26.2 Å². The van der Waals surface area contributed by atoms with Crippen molar-refractivity contribution in [1.82, 2.24) is 10.2 Å². The molecule has 0 bridgehead atoms. The number of hydrogen-bond donors (Lipinski definition) is 1.